The van der Waals surface area contributed by atoms with E-state index in [1.165, 1.54) is 0 Å². The number of nitriles is 1. The molecule has 0 radical (unpaired) electrons. The molecule has 1 N–H and O–H groups in total. The molecule has 1 aromatic carbocycles. The second-order valence-electron chi connectivity index (χ2n) is 6.02. The minimum absolute atomic E-state index is 0.00707. The molecule has 2 aromatic heterocycles. The Morgan fingerprint density at radius 1 is 1.29 bits per heavy atom. The van der Waals surface area contributed by atoms with E-state index in [4.69, 9.17) is 20.8 Å². The molecular formula is C20H16ClN3O4. The largest absolute Gasteiger partial charge is 0.452 e. The second-order valence-corrected chi connectivity index (χ2v) is 6.43. The SMILES string of the molecule is Cc1ccc(NC(=O)COC(=O)c2c(C)oc(-n3cccc3)c2C#N)c(Cl)c1. The lowest BCUT2D eigenvalue weighted by molar-refractivity contribution is -0.119. The van der Waals surface area contributed by atoms with Crippen molar-refractivity contribution < 1.29 is 18.7 Å². The molecule has 0 aliphatic heterocycles. The Bertz CT molecular complexity index is 1080. The number of ether oxygens (including phenoxy) is 1. The maximum Gasteiger partial charge on any atom is 0.343 e. The molecule has 0 saturated heterocycles. The number of benzene rings is 1. The van der Waals surface area contributed by atoms with E-state index in [1.807, 2.05) is 13.0 Å². The van der Waals surface area contributed by atoms with Crippen molar-refractivity contribution >= 4 is 29.2 Å². The third-order valence-electron chi connectivity index (χ3n) is 3.95. The summed E-state index contributed by atoms with van der Waals surface area (Å²) in [6.45, 7) is 2.90. The lowest BCUT2D eigenvalue weighted by atomic mass is 10.1. The average Bonchev–Trinajstić information content (AvgIpc) is 3.29. The maximum atomic E-state index is 12.4. The topological polar surface area (TPSA) is 97.3 Å². The van der Waals surface area contributed by atoms with Crippen LogP contribution in [0.4, 0.5) is 5.69 Å². The fourth-order valence-corrected chi connectivity index (χ4v) is 2.92. The van der Waals surface area contributed by atoms with Crippen molar-refractivity contribution in [1.29, 1.82) is 5.26 Å². The van der Waals surface area contributed by atoms with Crippen LogP contribution >= 0.6 is 11.6 Å². The van der Waals surface area contributed by atoms with Gasteiger partial charge in [-0.15, -0.1) is 0 Å². The highest BCUT2D eigenvalue weighted by atomic mass is 35.5. The fourth-order valence-electron chi connectivity index (χ4n) is 2.64. The molecule has 0 bridgehead atoms. The van der Waals surface area contributed by atoms with Gasteiger partial charge in [-0.1, -0.05) is 17.7 Å². The molecule has 0 aliphatic rings. The third kappa shape index (κ3) is 3.92. The Morgan fingerprint density at radius 2 is 2.00 bits per heavy atom. The minimum atomic E-state index is -0.818. The van der Waals surface area contributed by atoms with E-state index >= 15 is 0 Å². The van der Waals surface area contributed by atoms with E-state index in [-0.39, 0.29) is 22.8 Å². The molecular weight excluding hydrogens is 382 g/mol. The van der Waals surface area contributed by atoms with Crippen molar-refractivity contribution in [3.63, 3.8) is 0 Å². The zero-order chi connectivity index (χ0) is 20.3. The summed E-state index contributed by atoms with van der Waals surface area (Å²) in [4.78, 5) is 24.5. The molecule has 142 valence electrons. The number of amides is 1. The number of nitrogens with zero attached hydrogens (tertiary/aromatic N) is 2. The highest BCUT2D eigenvalue weighted by Crippen LogP contribution is 2.26. The molecule has 0 saturated carbocycles. The number of aryl methyl sites for hydroxylation is 2. The van der Waals surface area contributed by atoms with Gasteiger partial charge in [0.05, 0.1) is 10.7 Å². The molecule has 0 spiro atoms. The molecule has 7 nitrogen and oxygen atoms in total. The Hall–Kier alpha value is -3.50. The van der Waals surface area contributed by atoms with Crippen molar-refractivity contribution in [2.75, 3.05) is 11.9 Å². The van der Waals surface area contributed by atoms with Crippen molar-refractivity contribution in [1.82, 2.24) is 4.57 Å². The first kappa shape index (κ1) is 19.3. The van der Waals surface area contributed by atoms with E-state index in [0.717, 1.165) is 5.56 Å². The van der Waals surface area contributed by atoms with E-state index in [1.54, 1.807) is 54.2 Å². The first-order chi connectivity index (χ1) is 13.4. The first-order valence-electron chi connectivity index (χ1n) is 8.30. The van der Waals surface area contributed by atoms with Crippen LogP contribution in [0.1, 0.15) is 27.2 Å². The Balaban J connectivity index is 1.71. The molecule has 0 unspecified atom stereocenters. The van der Waals surface area contributed by atoms with E-state index in [9.17, 15) is 14.9 Å². The zero-order valence-corrected chi connectivity index (χ0v) is 15.9. The number of nitrogens with one attached hydrogen (secondary N) is 1. The predicted octanol–water partition coefficient (Wildman–Crippen LogP) is 4.01. The van der Waals surface area contributed by atoms with Gasteiger partial charge in [0.1, 0.15) is 23.0 Å². The van der Waals surface area contributed by atoms with Crippen LogP contribution < -0.4 is 5.32 Å². The van der Waals surface area contributed by atoms with Gasteiger partial charge in [0.25, 0.3) is 5.91 Å². The van der Waals surface area contributed by atoms with Gasteiger partial charge in [-0.2, -0.15) is 5.26 Å². The van der Waals surface area contributed by atoms with Crippen LogP contribution in [0, 0.1) is 25.2 Å². The standard InChI is InChI=1S/C20H16ClN3O4/c1-12-5-6-16(15(21)9-12)23-17(25)11-27-20(26)18-13(2)28-19(14(18)10-22)24-7-3-4-8-24/h3-9H,11H2,1-2H3,(H,23,25). The van der Waals surface area contributed by atoms with Crippen LogP contribution in [0.25, 0.3) is 5.88 Å². The van der Waals surface area contributed by atoms with Gasteiger partial charge >= 0.3 is 5.97 Å². The third-order valence-corrected chi connectivity index (χ3v) is 4.27. The van der Waals surface area contributed by atoms with Gasteiger partial charge in [-0.25, -0.2) is 4.79 Å². The Kier molecular flexibility index (Phi) is 5.52. The number of hydrogen-bond donors (Lipinski definition) is 1. The molecule has 0 aliphatic carbocycles. The van der Waals surface area contributed by atoms with Gasteiger partial charge in [-0.05, 0) is 43.7 Å². The zero-order valence-electron chi connectivity index (χ0n) is 15.2. The van der Waals surface area contributed by atoms with Crippen molar-refractivity contribution in [2.45, 2.75) is 13.8 Å². The monoisotopic (exact) mass is 397 g/mol. The number of carbonyl (C=O) groups excluding carboxylic acids is 2. The molecule has 8 heteroatoms. The summed E-state index contributed by atoms with van der Waals surface area (Å²) in [7, 11) is 0. The van der Waals surface area contributed by atoms with Gasteiger partial charge in [0, 0.05) is 12.4 Å². The number of anilines is 1. The molecule has 28 heavy (non-hydrogen) atoms. The molecule has 3 aromatic rings. The fraction of sp³-hybridized carbons (Fsp3) is 0.150. The van der Waals surface area contributed by atoms with Gasteiger partial charge < -0.3 is 14.5 Å². The molecule has 1 amide bonds. The quantitative estimate of drug-likeness (QED) is 0.656. The molecule has 0 fully saturated rings. The number of rotatable bonds is 5. The van der Waals surface area contributed by atoms with Crippen molar-refractivity contribution in [3.8, 4) is 12.0 Å². The number of halogens is 1. The average molecular weight is 398 g/mol. The van der Waals surface area contributed by atoms with Gasteiger partial charge in [0.2, 0.25) is 5.88 Å². The maximum absolute atomic E-state index is 12.4. The Morgan fingerprint density at radius 3 is 2.64 bits per heavy atom. The summed E-state index contributed by atoms with van der Waals surface area (Å²) in [6.07, 6.45) is 3.37. The lowest BCUT2D eigenvalue weighted by Gasteiger charge is -2.08. The normalized spacial score (nSPS) is 10.4. The summed E-state index contributed by atoms with van der Waals surface area (Å²) < 4.78 is 12.2. The van der Waals surface area contributed by atoms with E-state index in [2.05, 4.69) is 5.32 Å². The predicted molar refractivity (Wildman–Crippen MR) is 103 cm³/mol. The number of hydrogen-bond acceptors (Lipinski definition) is 5. The van der Waals surface area contributed by atoms with Crippen molar-refractivity contribution in [3.05, 3.63) is 70.2 Å². The molecule has 3 rings (SSSR count). The summed E-state index contributed by atoms with van der Waals surface area (Å²) in [5, 5.41) is 12.4. The smallest absolute Gasteiger partial charge is 0.343 e. The van der Waals surface area contributed by atoms with Crippen LogP contribution in [-0.2, 0) is 9.53 Å². The number of aromatic nitrogens is 1. The van der Waals surface area contributed by atoms with E-state index < -0.39 is 18.5 Å². The minimum Gasteiger partial charge on any atom is -0.452 e. The van der Waals surface area contributed by atoms with E-state index in [0.29, 0.717) is 10.7 Å². The van der Waals surface area contributed by atoms with Crippen molar-refractivity contribution in [2.24, 2.45) is 0 Å². The van der Waals surface area contributed by atoms with Crippen LogP contribution in [-0.4, -0.2) is 23.1 Å². The molecule has 2 heterocycles. The van der Waals surface area contributed by atoms with Crippen LogP contribution in [0.15, 0.2) is 47.1 Å². The highest BCUT2D eigenvalue weighted by molar-refractivity contribution is 6.33. The number of carbonyl (C=O) groups is 2. The highest BCUT2D eigenvalue weighted by Gasteiger charge is 2.26. The van der Waals surface area contributed by atoms with Gasteiger partial charge in [0.15, 0.2) is 6.61 Å². The van der Waals surface area contributed by atoms with Crippen LogP contribution in [0.2, 0.25) is 5.02 Å². The second kappa shape index (κ2) is 8.03. The van der Waals surface area contributed by atoms with Crippen LogP contribution in [0.3, 0.4) is 0 Å². The summed E-state index contributed by atoms with van der Waals surface area (Å²) in [5.41, 5.74) is 1.40. The molecule has 0 atom stereocenters. The number of esters is 1. The number of furan rings is 1. The summed E-state index contributed by atoms with van der Waals surface area (Å²) in [6, 6.07) is 10.6. The summed E-state index contributed by atoms with van der Waals surface area (Å²) >= 11 is 6.07. The lowest BCUT2D eigenvalue weighted by Crippen LogP contribution is -2.21. The first-order valence-corrected chi connectivity index (χ1v) is 8.68. The Labute approximate surface area is 166 Å². The van der Waals surface area contributed by atoms with Gasteiger partial charge in [-0.3, -0.25) is 9.36 Å². The summed E-state index contributed by atoms with van der Waals surface area (Å²) in [5.74, 6) is -0.925. The van der Waals surface area contributed by atoms with Crippen LogP contribution in [0.5, 0.6) is 0 Å².